The van der Waals surface area contributed by atoms with Crippen LogP contribution < -0.4 is 0 Å². The van der Waals surface area contributed by atoms with Gasteiger partial charge in [0, 0.05) is 19.4 Å². The minimum atomic E-state index is -0.629. The molecule has 0 bridgehead atoms. The van der Waals surface area contributed by atoms with Crippen LogP contribution in [0.4, 0.5) is 0 Å². The van der Waals surface area contributed by atoms with Crippen LogP contribution in [0, 0.1) is 0 Å². The second-order valence-electron chi connectivity index (χ2n) is 13.8. The number of allylic oxidation sites excluding steroid dienone is 24. The van der Waals surface area contributed by atoms with Crippen LogP contribution in [-0.4, -0.2) is 37.9 Å². The Morgan fingerprint density at radius 3 is 1.16 bits per heavy atom. The summed E-state index contributed by atoms with van der Waals surface area (Å²) in [7, 11) is 0. The van der Waals surface area contributed by atoms with Crippen LogP contribution in [0.2, 0.25) is 0 Å². The van der Waals surface area contributed by atoms with E-state index in [4.69, 9.17) is 14.2 Å². The van der Waals surface area contributed by atoms with Crippen LogP contribution in [0.25, 0.3) is 0 Å². The molecule has 0 saturated carbocycles. The second kappa shape index (κ2) is 47.2. The van der Waals surface area contributed by atoms with Crippen molar-refractivity contribution in [3.63, 3.8) is 0 Å². The van der Waals surface area contributed by atoms with Crippen LogP contribution in [0.15, 0.2) is 146 Å². The third kappa shape index (κ3) is 44.5. The molecular formula is C53H80O5. The Balaban J connectivity index is 4.56. The lowest BCUT2D eigenvalue weighted by Crippen LogP contribution is -2.30. The lowest BCUT2D eigenvalue weighted by molar-refractivity contribution is -0.162. The van der Waals surface area contributed by atoms with Gasteiger partial charge in [-0.2, -0.15) is 0 Å². The molecule has 0 amide bonds. The maximum Gasteiger partial charge on any atom is 0.306 e. The quantitative estimate of drug-likeness (QED) is 0.0354. The third-order valence-electron chi connectivity index (χ3n) is 8.36. The van der Waals surface area contributed by atoms with Crippen molar-refractivity contribution in [3.05, 3.63) is 146 Å². The van der Waals surface area contributed by atoms with E-state index in [1.54, 1.807) is 0 Å². The average molecular weight is 797 g/mol. The first-order valence-electron chi connectivity index (χ1n) is 22.4. The summed E-state index contributed by atoms with van der Waals surface area (Å²) >= 11 is 0. The van der Waals surface area contributed by atoms with Gasteiger partial charge in [-0.25, -0.2) is 0 Å². The highest BCUT2D eigenvalue weighted by Gasteiger charge is 2.17. The number of esters is 2. The zero-order valence-corrected chi connectivity index (χ0v) is 36.7. The van der Waals surface area contributed by atoms with Gasteiger partial charge in [0.25, 0.3) is 0 Å². The van der Waals surface area contributed by atoms with E-state index in [2.05, 4.69) is 161 Å². The van der Waals surface area contributed by atoms with E-state index in [-0.39, 0.29) is 31.6 Å². The fourth-order valence-electron chi connectivity index (χ4n) is 5.16. The third-order valence-corrected chi connectivity index (χ3v) is 8.36. The largest absolute Gasteiger partial charge is 0.462 e. The van der Waals surface area contributed by atoms with E-state index < -0.39 is 6.10 Å². The van der Waals surface area contributed by atoms with Crippen LogP contribution in [-0.2, 0) is 23.8 Å². The van der Waals surface area contributed by atoms with E-state index in [0.29, 0.717) is 19.4 Å². The molecule has 0 fully saturated rings. The fraction of sp³-hybridized carbons (Fsp3) is 0.509. The number of unbranched alkanes of at least 4 members (excludes halogenated alkanes) is 3. The molecule has 1 atom stereocenters. The Morgan fingerprint density at radius 2 is 0.741 bits per heavy atom. The molecule has 1 unspecified atom stereocenters. The number of hydrogen-bond donors (Lipinski definition) is 0. The first kappa shape index (κ1) is 53.8. The molecule has 0 N–H and O–H groups in total. The Bertz CT molecular complexity index is 1310. The predicted octanol–water partition coefficient (Wildman–Crippen LogP) is 15.0. The standard InChI is InChI=1S/C53H80O5/c1-4-7-10-13-16-19-22-25-27-29-31-34-37-40-43-46-52(54)57-50-51(49-56-48-45-42-39-36-33-30-26-23-20-17-14-11-8-5-2)58-53(55)47-44-41-38-35-32-28-24-21-18-15-12-9-6-3/h7-12,16-21,25-28,30-32,34,36,38-39,41,51H,4-6,13-15,22-24,29,33,35,37,40,42-50H2,1-3H3/b10-7-,11-8-,12-9-,19-16-,20-17-,21-18-,27-25-,30-26-,32-28-,34-31-,39-36-,41-38-. The van der Waals surface area contributed by atoms with Crippen LogP contribution in [0.5, 0.6) is 0 Å². The minimum absolute atomic E-state index is 0.00226. The van der Waals surface area contributed by atoms with E-state index in [1.807, 2.05) is 6.08 Å². The van der Waals surface area contributed by atoms with Crippen molar-refractivity contribution in [1.82, 2.24) is 0 Å². The summed E-state index contributed by atoms with van der Waals surface area (Å²) in [5.41, 5.74) is 0. The Kier molecular flexibility index (Phi) is 43.7. The SMILES string of the molecule is CC/C=C\C/C=C\C/C=C\C/C=C\CCCCC(=O)OCC(COCCC/C=C\C/C=C\C/C=C\C/C=C\CC)OC(=O)CC/C=C\C/C=C\C/C=C\C/C=C\CC. The van der Waals surface area contributed by atoms with Gasteiger partial charge >= 0.3 is 11.9 Å². The van der Waals surface area contributed by atoms with Crippen molar-refractivity contribution in [2.24, 2.45) is 0 Å². The summed E-state index contributed by atoms with van der Waals surface area (Å²) in [6, 6.07) is 0. The molecule has 0 aliphatic heterocycles. The topological polar surface area (TPSA) is 61.8 Å². The van der Waals surface area contributed by atoms with Crippen molar-refractivity contribution in [1.29, 1.82) is 0 Å². The molecule has 0 aromatic carbocycles. The average Bonchev–Trinajstić information content (AvgIpc) is 3.22. The summed E-state index contributed by atoms with van der Waals surface area (Å²) in [4.78, 5) is 25.2. The van der Waals surface area contributed by atoms with Crippen molar-refractivity contribution in [2.75, 3.05) is 19.8 Å². The Hall–Kier alpha value is -4.22. The normalized spacial score (nSPS) is 13.6. The summed E-state index contributed by atoms with van der Waals surface area (Å²) < 4.78 is 17.1. The molecule has 5 heteroatoms. The smallest absolute Gasteiger partial charge is 0.306 e. The molecule has 0 aromatic heterocycles. The molecule has 0 rings (SSSR count). The maximum absolute atomic E-state index is 12.7. The van der Waals surface area contributed by atoms with E-state index in [0.717, 1.165) is 109 Å². The van der Waals surface area contributed by atoms with Gasteiger partial charge in [-0.1, -0.05) is 167 Å². The minimum Gasteiger partial charge on any atom is -0.462 e. The number of carbonyl (C=O) groups is 2. The predicted molar refractivity (Wildman–Crippen MR) is 251 cm³/mol. The van der Waals surface area contributed by atoms with Crippen molar-refractivity contribution < 1.29 is 23.8 Å². The molecule has 0 spiro atoms. The van der Waals surface area contributed by atoms with Crippen molar-refractivity contribution in [3.8, 4) is 0 Å². The highest BCUT2D eigenvalue weighted by Crippen LogP contribution is 2.07. The van der Waals surface area contributed by atoms with E-state index >= 15 is 0 Å². The van der Waals surface area contributed by atoms with Gasteiger partial charge in [-0.3, -0.25) is 9.59 Å². The van der Waals surface area contributed by atoms with Crippen LogP contribution in [0.1, 0.15) is 149 Å². The maximum atomic E-state index is 12.7. The Morgan fingerprint density at radius 1 is 0.379 bits per heavy atom. The highest BCUT2D eigenvalue weighted by molar-refractivity contribution is 5.70. The molecule has 322 valence electrons. The summed E-state index contributed by atoms with van der Waals surface area (Å²) in [5.74, 6) is -0.588. The Labute approximate surface area is 355 Å². The van der Waals surface area contributed by atoms with Crippen LogP contribution in [0.3, 0.4) is 0 Å². The number of rotatable bonds is 38. The number of hydrogen-bond acceptors (Lipinski definition) is 5. The van der Waals surface area contributed by atoms with Gasteiger partial charge in [-0.05, 0) is 116 Å². The van der Waals surface area contributed by atoms with Crippen molar-refractivity contribution in [2.45, 2.75) is 155 Å². The zero-order valence-electron chi connectivity index (χ0n) is 36.7. The summed E-state index contributed by atoms with van der Waals surface area (Å²) in [6.07, 6.45) is 68.8. The molecule has 58 heavy (non-hydrogen) atoms. The first-order valence-corrected chi connectivity index (χ1v) is 22.4. The summed E-state index contributed by atoms with van der Waals surface area (Å²) in [5, 5.41) is 0. The monoisotopic (exact) mass is 797 g/mol. The summed E-state index contributed by atoms with van der Waals surface area (Å²) in [6.45, 7) is 7.17. The van der Waals surface area contributed by atoms with Gasteiger partial charge in [0.05, 0.1) is 6.61 Å². The highest BCUT2D eigenvalue weighted by atomic mass is 16.6. The fourth-order valence-corrected chi connectivity index (χ4v) is 5.16. The van der Waals surface area contributed by atoms with Gasteiger partial charge in [0.15, 0.2) is 6.10 Å². The van der Waals surface area contributed by atoms with Gasteiger partial charge in [0.2, 0.25) is 0 Å². The van der Waals surface area contributed by atoms with Gasteiger partial charge in [0.1, 0.15) is 6.61 Å². The van der Waals surface area contributed by atoms with Crippen molar-refractivity contribution >= 4 is 11.9 Å². The van der Waals surface area contributed by atoms with E-state index in [1.165, 1.54) is 0 Å². The number of ether oxygens (including phenoxy) is 3. The lowest BCUT2D eigenvalue weighted by atomic mass is 10.2. The van der Waals surface area contributed by atoms with E-state index in [9.17, 15) is 9.59 Å². The number of carbonyl (C=O) groups excluding carboxylic acids is 2. The molecule has 0 heterocycles. The zero-order chi connectivity index (χ0) is 42.1. The van der Waals surface area contributed by atoms with Crippen LogP contribution >= 0.6 is 0 Å². The molecule has 0 aliphatic rings. The molecular weight excluding hydrogens is 717 g/mol. The molecule has 0 saturated heterocycles. The molecule has 0 aliphatic carbocycles. The second-order valence-corrected chi connectivity index (χ2v) is 13.8. The lowest BCUT2D eigenvalue weighted by Gasteiger charge is -2.18. The first-order chi connectivity index (χ1) is 28.6. The molecule has 5 nitrogen and oxygen atoms in total. The van der Waals surface area contributed by atoms with Gasteiger partial charge < -0.3 is 14.2 Å². The van der Waals surface area contributed by atoms with Gasteiger partial charge in [-0.15, -0.1) is 0 Å². The molecule has 0 aromatic rings. The molecule has 0 radical (unpaired) electrons.